The smallest absolute Gasteiger partial charge is 0.305 e. The fourth-order valence-electron chi connectivity index (χ4n) is 1.46. The molecule has 1 aromatic carbocycles. The van der Waals surface area contributed by atoms with Crippen molar-refractivity contribution < 1.29 is 27.1 Å². The highest BCUT2D eigenvalue weighted by molar-refractivity contribution is 7.86. The Labute approximate surface area is 128 Å². The van der Waals surface area contributed by atoms with Crippen molar-refractivity contribution in [3.05, 3.63) is 34.4 Å². The van der Waals surface area contributed by atoms with Gasteiger partial charge in [-0.05, 0) is 26.0 Å². The topological polar surface area (TPSA) is 113 Å². The largest absolute Gasteiger partial charge is 0.463 e. The minimum atomic E-state index is -4.13. The van der Waals surface area contributed by atoms with E-state index in [4.69, 9.17) is 8.92 Å². The van der Waals surface area contributed by atoms with Crippen molar-refractivity contribution in [3.8, 4) is 0 Å². The van der Waals surface area contributed by atoms with Crippen LogP contribution in [0.5, 0.6) is 0 Å². The van der Waals surface area contributed by atoms with Crippen molar-refractivity contribution in [1.82, 2.24) is 0 Å². The van der Waals surface area contributed by atoms with Crippen molar-refractivity contribution in [2.45, 2.75) is 37.7 Å². The normalized spacial score (nSPS) is 12.0. The molecule has 0 saturated carbocycles. The van der Waals surface area contributed by atoms with E-state index in [1.807, 2.05) is 0 Å². The Morgan fingerprint density at radius 3 is 2.27 bits per heavy atom. The number of carbonyl (C=O) groups is 1. The van der Waals surface area contributed by atoms with Gasteiger partial charge in [0.25, 0.3) is 15.8 Å². The van der Waals surface area contributed by atoms with E-state index in [2.05, 4.69) is 0 Å². The van der Waals surface area contributed by atoms with Gasteiger partial charge in [0, 0.05) is 18.6 Å². The van der Waals surface area contributed by atoms with E-state index < -0.39 is 26.6 Å². The van der Waals surface area contributed by atoms with Gasteiger partial charge < -0.3 is 4.74 Å². The first-order valence-electron chi connectivity index (χ1n) is 6.43. The predicted molar refractivity (Wildman–Crippen MR) is 76.7 cm³/mol. The highest BCUT2D eigenvalue weighted by atomic mass is 32.2. The van der Waals surface area contributed by atoms with Crippen molar-refractivity contribution in [1.29, 1.82) is 0 Å². The molecule has 22 heavy (non-hydrogen) atoms. The summed E-state index contributed by atoms with van der Waals surface area (Å²) in [5.74, 6) is -0.468. The molecular weight excluding hydrogens is 314 g/mol. The van der Waals surface area contributed by atoms with Gasteiger partial charge in [0.1, 0.15) is 12.2 Å². The summed E-state index contributed by atoms with van der Waals surface area (Å²) in [6, 6.07) is 4.31. The van der Waals surface area contributed by atoms with E-state index in [-0.39, 0.29) is 23.6 Å². The zero-order chi connectivity index (χ0) is 17.0. The molecule has 0 aliphatic heterocycles. The second kappa shape index (κ2) is 6.84. The molecule has 8 nitrogen and oxygen atoms in total. The van der Waals surface area contributed by atoms with Crippen LogP contribution in [0, 0.1) is 10.1 Å². The van der Waals surface area contributed by atoms with Crippen LogP contribution in [0.1, 0.15) is 27.2 Å². The summed E-state index contributed by atoms with van der Waals surface area (Å²) < 4.78 is 34.1. The lowest BCUT2D eigenvalue weighted by atomic mass is 10.2. The maximum atomic E-state index is 12.1. The van der Waals surface area contributed by atoms with Gasteiger partial charge in [0.15, 0.2) is 0 Å². The summed E-state index contributed by atoms with van der Waals surface area (Å²) in [5.41, 5.74) is -1.49. The van der Waals surface area contributed by atoms with Gasteiger partial charge in [0.05, 0.1) is 9.82 Å². The predicted octanol–water partition coefficient (Wildman–Crippen LogP) is 2.03. The van der Waals surface area contributed by atoms with E-state index in [9.17, 15) is 23.3 Å². The Balaban J connectivity index is 2.85. The van der Waals surface area contributed by atoms with E-state index in [1.165, 1.54) is 13.8 Å². The Hall–Kier alpha value is -2.00. The van der Waals surface area contributed by atoms with Crippen molar-refractivity contribution >= 4 is 21.8 Å². The Morgan fingerprint density at radius 2 is 1.82 bits per heavy atom. The molecule has 0 amide bonds. The summed E-state index contributed by atoms with van der Waals surface area (Å²) in [4.78, 5) is 20.8. The molecule has 1 aromatic rings. The van der Waals surface area contributed by atoms with Crippen LogP contribution in [0.3, 0.4) is 0 Å². The summed E-state index contributed by atoms with van der Waals surface area (Å²) in [7, 11) is -4.13. The third kappa shape index (κ3) is 5.08. The number of carbonyl (C=O) groups excluding carboxylic acids is 1. The van der Waals surface area contributed by atoms with Gasteiger partial charge in [-0.2, -0.15) is 8.42 Å². The van der Waals surface area contributed by atoms with Crippen LogP contribution in [0.25, 0.3) is 0 Å². The quantitative estimate of drug-likeness (QED) is 0.325. The average Bonchev–Trinajstić information content (AvgIpc) is 2.43. The van der Waals surface area contributed by atoms with Gasteiger partial charge in [-0.15, -0.1) is 0 Å². The number of nitrogens with zero attached hydrogens (tertiary/aromatic N) is 1. The van der Waals surface area contributed by atoms with Gasteiger partial charge in [-0.3, -0.25) is 19.1 Å². The van der Waals surface area contributed by atoms with E-state index in [0.717, 1.165) is 24.3 Å². The molecule has 1 rings (SSSR count). The molecular formula is C13H17NO7S. The van der Waals surface area contributed by atoms with E-state index in [1.54, 1.807) is 6.92 Å². The maximum Gasteiger partial charge on any atom is 0.305 e. The SMILES string of the molecule is CCC(=O)OCC(C)(C)OS(=O)(=O)c1ccc([N+](=O)[O-])cc1. The number of rotatable bonds is 7. The average molecular weight is 331 g/mol. The zero-order valence-corrected chi connectivity index (χ0v) is 13.3. The summed E-state index contributed by atoms with van der Waals surface area (Å²) in [6.45, 7) is 4.30. The zero-order valence-electron chi connectivity index (χ0n) is 12.4. The first-order valence-corrected chi connectivity index (χ1v) is 7.84. The fraction of sp³-hybridized carbons (Fsp3) is 0.462. The summed E-state index contributed by atoms with van der Waals surface area (Å²) >= 11 is 0. The standard InChI is InChI=1S/C13H17NO7S/c1-4-12(15)20-9-13(2,3)21-22(18,19)11-7-5-10(6-8-11)14(16)17/h5-8H,4,9H2,1-3H3. The first-order chi connectivity index (χ1) is 10.1. The van der Waals surface area contributed by atoms with Crippen LogP contribution in [-0.2, 0) is 23.8 Å². The number of ether oxygens (including phenoxy) is 1. The molecule has 0 aliphatic carbocycles. The van der Waals surface area contributed by atoms with Crippen LogP contribution in [0.4, 0.5) is 5.69 Å². The third-order valence-electron chi connectivity index (χ3n) is 2.54. The first kappa shape index (κ1) is 18.1. The number of benzene rings is 1. The maximum absolute atomic E-state index is 12.1. The lowest BCUT2D eigenvalue weighted by Crippen LogP contribution is -2.34. The molecule has 0 saturated heterocycles. The van der Waals surface area contributed by atoms with Crippen LogP contribution < -0.4 is 0 Å². The molecule has 0 radical (unpaired) electrons. The summed E-state index contributed by atoms with van der Waals surface area (Å²) in [5, 5.41) is 10.5. The molecule has 0 heterocycles. The number of hydrogen-bond donors (Lipinski definition) is 0. The van der Waals surface area contributed by atoms with Crippen LogP contribution in [0.2, 0.25) is 0 Å². The van der Waals surface area contributed by atoms with E-state index >= 15 is 0 Å². The fourth-order valence-corrected chi connectivity index (χ4v) is 2.67. The monoisotopic (exact) mass is 331 g/mol. The molecule has 0 atom stereocenters. The van der Waals surface area contributed by atoms with Crippen LogP contribution in [0.15, 0.2) is 29.2 Å². The van der Waals surface area contributed by atoms with Gasteiger partial charge in [-0.1, -0.05) is 6.92 Å². The minimum absolute atomic E-state index is 0.172. The molecule has 9 heteroatoms. The molecule has 0 bridgehead atoms. The summed E-state index contributed by atoms with van der Waals surface area (Å²) in [6.07, 6.45) is 0.172. The Kier molecular flexibility index (Phi) is 5.61. The second-order valence-electron chi connectivity index (χ2n) is 5.06. The van der Waals surface area contributed by atoms with Crippen molar-refractivity contribution in [2.24, 2.45) is 0 Å². The van der Waals surface area contributed by atoms with Gasteiger partial charge in [-0.25, -0.2) is 0 Å². The molecule has 0 unspecified atom stereocenters. The van der Waals surface area contributed by atoms with Crippen molar-refractivity contribution in [2.75, 3.05) is 6.61 Å². The van der Waals surface area contributed by atoms with Crippen LogP contribution >= 0.6 is 0 Å². The third-order valence-corrected chi connectivity index (χ3v) is 4.06. The Morgan fingerprint density at radius 1 is 1.27 bits per heavy atom. The lowest BCUT2D eigenvalue weighted by molar-refractivity contribution is -0.384. The minimum Gasteiger partial charge on any atom is -0.463 e. The molecule has 0 fully saturated rings. The number of hydrogen-bond acceptors (Lipinski definition) is 7. The molecule has 0 spiro atoms. The highest BCUT2D eigenvalue weighted by Crippen LogP contribution is 2.22. The number of nitro groups is 1. The van der Waals surface area contributed by atoms with E-state index in [0.29, 0.717) is 0 Å². The Bertz CT molecular complexity index is 649. The number of esters is 1. The highest BCUT2D eigenvalue weighted by Gasteiger charge is 2.30. The molecule has 0 aliphatic rings. The van der Waals surface area contributed by atoms with Crippen molar-refractivity contribution in [3.63, 3.8) is 0 Å². The van der Waals surface area contributed by atoms with Crippen LogP contribution in [-0.4, -0.2) is 31.5 Å². The second-order valence-corrected chi connectivity index (χ2v) is 6.61. The number of nitro benzene ring substituents is 1. The van der Waals surface area contributed by atoms with Gasteiger partial charge >= 0.3 is 5.97 Å². The molecule has 0 N–H and O–H groups in total. The number of non-ortho nitro benzene ring substituents is 1. The molecule has 0 aromatic heterocycles. The van der Waals surface area contributed by atoms with Gasteiger partial charge in [0.2, 0.25) is 0 Å². The lowest BCUT2D eigenvalue weighted by Gasteiger charge is -2.23. The molecule has 122 valence electrons.